The van der Waals surface area contributed by atoms with E-state index in [9.17, 15) is 22.4 Å². The van der Waals surface area contributed by atoms with E-state index in [-0.39, 0.29) is 5.69 Å². The number of rotatable bonds is 2. The van der Waals surface area contributed by atoms with E-state index in [4.69, 9.17) is 0 Å². The van der Waals surface area contributed by atoms with Gasteiger partial charge in [0.15, 0.2) is 11.5 Å². The molecule has 88 valence electrons. The number of carbonyl (C=O) groups excluding carboxylic acids is 1. The van der Waals surface area contributed by atoms with Crippen molar-refractivity contribution in [1.29, 1.82) is 0 Å². The molecule has 0 saturated carbocycles. The maximum absolute atomic E-state index is 12.8. The van der Waals surface area contributed by atoms with Crippen molar-refractivity contribution in [2.24, 2.45) is 0 Å². The smallest absolute Gasteiger partial charge is 0.436 e. The minimum atomic E-state index is -4.88. The highest BCUT2D eigenvalue weighted by Gasteiger charge is 2.36. The minimum Gasteiger partial charge on any atom is -0.469 e. The SMILES string of the molecule is COC(=O)Cc1ccc(F)c(C(F)(F)F)n1. The van der Waals surface area contributed by atoms with Crippen molar-refractivity contribution in [3.63, 3.8) is 0 Å². The Morgan fingerprint density at radius 2 is 2.06 bits per heavy atom. The van der Waals surface area contributed by atoms with E-state index in [1.807, 2.05) is 0 Å². The molecule has 0 atom stereocenters. The summed E-state index contributed by atoms with van der Waals surface area (Å²) in [6, 6.07) is 1.62. The summed E-state index contributed by atoms with van der Waals surface area (Å²) in [6.45, 7) is 0. The van der Waals surface area contributed by atoms with Crippen LogP contribution in [-0.4, -0.2) is 18.1 Å². The lowest BCUT2D eigenvalue weighted by Crippen LogP contribution is -2.14. The highest BCUT2D eigenvalue weighted by atomic mass is 19.4. The van der Waals surface area contributed by atoms with E-state index in [0.717, 1.165) is 13.2 Å². The first-order chi connectivity index (χ1) is 7.34. The van der Waals surface area contributed by atoms with Gasteiger partial charge in [-0.25, -0.2) is 9.37 Å². The molecule has 0 bridgehead atoms. The highest BCUT2D eigenvalue weighted by Crippen LogP contribution is 2.29. The third-order valence-corrected chi connectivity index (χ3v) is 1.73. The first kappa shape index (κ1) is 12.4. The van der Waals surface area contributed by atoms with Crippen LogP contribution < -0.4 is 0 Å². The molecule has 1 heterocycles. The summed E-state index contributed by atoms with van der Waals surface area (Å²) >= 11 is 0. The molecule has 0 fully saturated rings. The number of hydrogen-bond donors (Lipinski definition) is 0. The Morgan fingerprint density at radius 1 is 1.44 bits per heavy atom. The first-order valence-corrected chi connectivity index (χ1v) is 4.14. The van der Waals surface area contributed by atoms with Crippen molar-refractivity contribution in [2.45, 2.75) is 12.6 Å². The average molecular weight is 237 g/mol. The number of ether oxygens (including phenoxy) is 1. The molecule has 0 aliphatic heterocycles. The quantitative estimate of drug-likeness (QED) is 0.583. The molecule has 1 aromatic rings. The molecule has 16 heavy (non-hydrogen) atoms. The minimum absolute atomic E-state index is 0.194. The van der Waals surface area contributed by atoms with Gasteiger partial charge in [0, 0.05) is 0 Å². The number of aromatic nitrogens is 1. The summed E-state index contributed by atoms with van der Waals surface area (Å²) in [6.07, 6.45) is -5.31. The van der Waals surface area contributed by atoms with Crippen LogP contribution in [0.1, 0.15) is 11.4 Å². The zero-order chi connectivity index (χ0) is 12.3. The summed E-state index contributed by atoms with van der Waals surface area (Å²) < 4.78 is 53.7. The summed E-state index contributed by atoms with van der Waals surface area (Å²) in [4.78, 5) is 13.8. The van der Waals surface area contributed by atoms with Crippen LogP contribution in [0.3, 0.4) is 0 Å². The molecular formula is C9H7F4NO2. The third-order valence-electron chi connectivity index (χ3n) is 1.73. The normalized spacial score (nSPS) is 11.3. The topological polar surface area (TPSA) is 39.2 Å². The van der Waals surface area contributed by atoms with Crippen LogP contribution in [0.2, 0.25) is 0 Å². The number of methoxy groups -OCH3 is 1. The van der Waals surface area contributed by atoms with Crippen LogP contribution in [0, 0.1) is 5.82 Å². The standard InChI is InChI=1S/C9H7F4NO2/c1-16-7(15)4-5-2-3-6(10)8(14-5)9(11,12)13/h2-3H,4H2,1H3. The van der Waals surface area contributed by atoms with Crippen LogP contribution in [-0.2, 0) is 22.1 Å². The van der Waals surface area contributed by atoms with Crippen LogP contribution >= 0.6 is 0 Å². The Balaban J connectivity index is 3.03. The second-order valence-corrected chi connectivity index (χ2v) is 2.88. The lowest BCUT2D eigenvalue weighted by Gasteiger charge is -2.08. The number of hydrogen-bond acceptors (Lipinski definition) is 3. The average Bonchev–Trinajstić information content (AvgIpc) is 2.19. The van der Waals surface area contributed by atoms with Gasteiger partial charge < -0.3 is 4.74 Å². The second-order valence-electron chi connectivity index (χ2n) is 2.88. The molecule has 0 aromatic carbocycles. The molecule has 0 spiro atoms. The van der Waals surface area contributed by atoms with E-state index in [1.54, 1.807) is 0 Å². The fourth-order valence-electron chi connectivity index (χ4n) is 1.000. The van der Waals surface area contributed by atoms with Crippen molar-refractivity contribution in [3.8, 4) is 0 Å². The van der Waals surface area contributed by atoms with Gasteiger partial charge in [0.1, 0.15) is 0 Å². The summed E-state index contributed by atoms with van der Waals surface area (Å²) in [7, 11) is 1.09. The Kier molecular flexibility index (Phi) is 3.46. The van der Waals surface area contributed by atoms with Gasteiger partial charge in [0.25, 0.3) is 0 Å². The van der Waals surface area contributed by atoms with E-state index < -0.39 is 30.1 Å². The van der Waals surface area contributed by atoms with Crippen molar-refractivity contribution < 1.29 is 27.1 Å². The van der Waals surface area contributed by atoms with E-state index in [1.165, 1.54) is 0 Å². The highest BCUT2D eigenvalue weighted by molar-refractivity contribution is 5.71. The van der Waals surface area contributed by atoms with Gasteiger partial charge in [0.05, 0.1) is 19.2 Å². The number of alkyl halides is 3. The maximum Gasteiger partial charge on any atom is 0.436 e. The monoisotopic (exact) mass is 237 g/mol. The molecular weight excluding hydrogens is 230 g/mol. The molecule has 0 unspecified atom stereocenters. The van der Waals surface area contributed by atoms with Gasteiger partial charge >= 0.3 is 12.1 Å². The lowest BCUT2D eigenvalue weighted by molar-refractivity contribution is -0.144. The zero-order valence-corrected chi connectivity index (χ0v) is 8.14. The Morgan fingerprint density at radius 3 is 2.56 bits per heavy atom. The van der Waals surface area contributed by atoms with Crippen molar-refractivity contribution >= 4 is 5.97 Å². The summed E-state index contributed by atoms with van der Waals surface area (Å²) in [5, 5.41) is 0. The number of halogens is 4. The fourth-order valence-corrected chi connectivity index (χ4v) is 1.000. The van der Waals surface area contributed by atoms with Crippen molar-refractivity contribution in [1.82, 2.24) is 4.98 Å². The molecule has 0 aliphatic rings. The van der Waals surface area contributed by atoms with Gasteiger partial charge in [-0.05, 0) is 12.1 Å². The second kappa shape index (κ2) is 4.46. The van der Waals surface area contributed by atoms with Crippen molar-refractivity contribution in [2.75, 3.05) is 7.11 Å². The zero-order valence-electron chi connectivity index (χ0n) is 8.14. The molecule has 3 nitrogen and oxygen atoms in total. The number of pyridine rings is 1. The molecule has 1 aromatic heterocycles. The molecule has 0 aliphatic carbocycles. The molecule has 0 N–H and O–H groups in total. The van der Waals surface area contributed by atoms with Gasteiger partial charge in [-0.1, -0.05) is 0 Å². The van der Waals surface area contributed by atoms with Gasteiger partial charge in [-0.3, -0.25) is 4.79 Å². The molecule has 7 heteroatoms. The first-order valence-electron chi connectivity index (χ1n) is 4.14. The number of esters is 1. The van der Waals surface area contributed by atoms with E-state index in [0.29, 0.717) is 6.07 Å². The lowest BCUT2D eigenvalue weighted by atomic mass is 10.2. The molecule has 0 amide bonds. The van der Waals surface area contributed by atoms with E-state index in [2.05, 4.69) is 9.72 Å². The largest absolute Gasteiger partial charge is 0.469 e. The van der Waals surface area contributed by atoms with Gasteiger partial charge in [0.2, 0.25) is 0 Å². The Hall–Kier alpha value is -1.66. The van der Waals surface area contributed by atoms with Crippen LogP contribution in [0.4, 0.5) is 17.6 Å². The van der Waals surface area contributed by atoms with E-state index >= 15 is 0 Å². The van der Waals surface area contributed by atoms with Gasteiger partial charge in [-0.15, -0.1) is 0 Å². The summed E-state index contributed by atoms with van der Waals surface area (Å²) in [5.41, 5.74) is -1.82. The molecule has 1 rings (SSSR count). The number of nitrogens with zero attached hydrogens (tertiary/aromatic N) is 1. The maximum atomic E-state index is 12.8. The van der Waals surface area contributed by atoms with Crippen LogP contribution in [0.5, 0.6) is 0 Å². The van der Waals surface area contributed by atoms with Crippen molar-refractivity contribution in [3.05, 3.63) is 29.3 Å². The predicted molar refractivity (Wildman–Crippen MR) is 44.9 cm³/mol. The third kappa shape index (κ3) is 2.91. The predicted octanol–water partition coefficient (Wildman–Crippen LogP) is 1.95. The number of carbonyl (C=O) groups is 1. The Labute approximate surface area is 88.0 Å². The van der Waals surface area contributed by atoms with Gasteiger partial charge in [-0.2, -0.15) is 13.2 Å². The van der Waals surface area contributed by atoms with Crippen LogP contribution in [0.25, 0.3) is 0 Å². The molecule has 0 radical (unpaired) electrons. The summed E-state index contributed by atoms with van der Waals surface area (Å²) in [5.74, 6) is -2.21. The van der Waals surface area contributed by atoms with Crippen LogP contribution in [0.15, 0.2) is 12.1 Å². The molecule has 0 saturated heterocycles. The fraction of sp³-hybridized carbons (Fsp3) is 0.333. The Bertz CT molecular complexity index is 403.